The summed E-state index contributed by atoms with van der Waals surface area (Å²) in [5, 5.41) is 93.1. The third kappa shape index (κ3) is 29.1. The van der Waals surface area contributed by atoms with Gasteiger partial charge in [0.25, 0.3) is 0 Å². The Morgan fingerprint density at radius 2 is 0.926 bits per heavy atom. The molecule has 0 bridgehead atoms. The van der Waals surface area contributed by atoms with Crippen LogP contribution in [0.4, 0.5) is 17.1 Å². The van der Waals surface area contributed by atoms with Crippen molar-refractivity contribution in [1.82, 2.24) is 39.1 Å². The van der Waals surface area contributed by atoms with Gasteiger partial charge in [0.05, 0.1) is 72.0 Å². The van der Waals surface area contributed by atoms with Gasteiger partial charge in [-0.1, -0.05) is 136 Å². The number of aryl methyl sites for hydroxylation is 2. The number of aliphatic hydroxyl groups excluding tert-OH is 8. The minimum absolute atomic E-state index is 0. The van der Waals surface area contributed by atoms with E-state index in [-0.39, 0.29) is 159 Å². The van der Waals surface area contributed by atoms with Crippen molar-refractivity contribution in [2.75, 3.05) is 10.2 Å². The van der Waals surface area contributed by atoms with Crippen LogP contribution in [0, 0.1) is 122 Å². The predicted octanol–water partition coefficient (Wildman–Crippen LogP) is 18.5. The molecule has 121 heavy (non-hydrogen) atoms. The first kappa shape index (κ1) is 105. The second-order valence-electron chi connectivity index (χ2n) is 33.4. The van der Waals surface area contributed by atoms with Crippen LogP contribution in [0.5, 0.6) is 0 Å². The van der Waals surface area contributed by atoms with E-state index >= 15 is 0 Å². The molecule has 22 heteroatoms. The zero-order chi connectivity index (χ0) is 84.4. The van der Waals surface area contributed by atoms with Crippen LogP contribution in [0.1, 0.15) is 146 Å². The zero-order valence-corrected chi connectivity index (χ0v) is 82.0. The summed E-state index contributed by atoms with van der Waals surface area (Å²) in [6.45, 7) is 32.4. The molecule has 9 N–H and O–H groups in total. The van der Waals surface area contributed by atoms with Gasteiger partial charge in [-0.3, -0.25) is 14.6 Å². The molecule has 16 rings (SSSR count). The number of anilines is 3. The third-order valence-electron chi connectivity index (χ3n) is 23.9. The van der Waals surface area contributed by atoms with E-state index in [0.717, 1.165) is 113 Å². The molecule has 0 spiro atoms. The van der Waals surface area contributed by atoms with Gasteiger partial charge in [0.1, 0.15) is 12.2 Å². The molecule has 1 aliphatic heterocycles. The van der Waals surface area contributed by atoms with Gasteiger partial charge in [0.15, 0.2) is 0 Å². The molecule has 662 valence electrons. The van der Waals surface area contributed by atoms with Crippen LogP contribution in [-0.4, -0.2) is 129 Å². The molecule has 17 atom stereocenters. The second-order valence-corrected chi connectivity index (χ2v) is 33.4. The maximum absolute atomic E-state index is 10.1. The maximum atomic E-state index is 10.1. The maximum Gasteiger partial charge on any atom is 0.127 e. The van der Waals surface area contributed by atoms with Gasteiger partial charge in [-0.05, 0) is 181 Å². The quantitative estimate of drug-likeness (QED) is 0.0433. The van der Waals surface area contributed by atoms with Gasteiger partial charge in [-0.2, -0.15) is 47.2 Å². The van der Waals surface area contributed by atoms with Crippen molar-refractivity contribution in [2.45, 2.75) is 198 Å². The van der Waals surface area contributed by atoms with Gasteiger partial charge in [-0.15, -0.1) is 118 Å². The van der Waals surface area contributed by atoms with Crippen molar-refractivity contribution >= 4 is 17.1 Å². The Morgan fingerprint density at radius 3 is 1.38 bits per heavy atom. The Balaban J connectivity index is 0.000000246. The van der Waals surface area contributed by atoms with Crippen molar-refractivity contribution in [3.63, 3.8) is 0 Å². The van der Waals surface area contributed by atoms with Crippen LogP contribution in [0.3, 0.4) is 0 Å². The predicted molar refractivity (Wildman–Crippen MR) is 470 cm³/mol. The van der Waals surface area contributed by atoms with Crippen LogP contribution in [-0.2, 0) is 80.4 Å². The summed E-state index contributed by atoms with van der Waals surface area (Å²) in [6, 6.07) is 80.8. The SMILES string of the molecule is CC(C)C(O)C1CCC(C(C)C)C1O.CC(C)C1CC(O)C(C(C)O)C1.CC(C)C1CCC(C(C)O)C1O.CC(O)C1CC(C)C(C)C1O.Cc1ccccc1-n1ncnc1-c1[c-]cccc1.Cc1nnc(-c2[c-]cccc2)n1-c1ccccc1.[Ir].[Ir].[Ir].[Ir].[c-]1ccccc1-c1nccn1-c1ccccc1.[c-]1ccccc1N1[CH-]Nc2ccccc21. The summed E-state index contributed by atoms with van der Waals surface area (Å²) in [7, 11) is 0. The fraction of sp³-hybridized carbons (Fsp3) is 0.434. The van der Waals surface area contributed by atoms with E-state index in [1.807, 2.05) is 225 Å². The molecule has 4 fully saturated rings. The number of imidazole rings is 1. The summed E-state index contributed by atoms with van der Waals surface area (Å²) in [5.41, 5.74) is 10.6. The summed E-state index contributed by atoms with van der Waals surface area (Å²) in [4.78, 5) is 10.8. The number of fused-ring (bicyclic) bond motifs is 1. The standard InChI is InChI=1S/2C15H12N3.C15H11N2.C13H10N2.C12H24O2.2C10H20O2.C9H18O2.4Ir/c1-12-16-17-15(13-8-4-2-5-9-13)18(12)14-10-6-3-7-11-14;1-12-7-5-6-10-14(12)18-15(16-11-17-18)13-8-3-2-4-9-13;1-3-7-13(8-4-1)15-16-11-12-17(15)14-9-5-2-6-10-14;1-2-6-11(7-3-1)15-10-14-12-8-4-5-9-13(12)15;1-7(2)9-5-6-10(12(9)14)11(13)8(3)4;1-6(2)8-4-9(7(3)11)10(12)5-8;1-6(2)8-4-5-9(7(3)11)10(8)12;1-5-4-8(7(3)10)9(11)6(5)2;;;;/h2*2-8,10-11H,1H3;1-7,9-12H;1-6,8-10,14H;7-14H,5-6H2,1-4H3;2*6-12H,4-5H2,1-3H3;5-11H,4H2,1-3H3;;;;/q3*-1;-2;;;;;;;;. The Kier molecular flexibility index (Phi) is 45.1. The van der Waals surface area contributed by atoms with Crippen molar-refractivity contribution in [2.24, 2.45) is 76.9 Å². The molecular weight excluding hydrogens is 2230 g/mol. The number of hydrogen-bond acceptors (Lipinski definition) is 15. The fourth-order valence-corrected chi connectivity index (χ4v) is 16.5. The van der Waals surface area contributed by atoms with Crippen LogP contribution >= 0.6 is 0 Å². The molecule has 4 saturated carbocycles. The largest absolute Gasteiger partial charge is 0.514 e. The van der Waals surface area contributed by atoms with Gasteiger partial charge < -0.3 is 60.2 Å². The normalized spacial score (nSPS) is 22.4. The number of nitrogens with zero attached hydrogens (tertiary/aromatic N) is 9. The van der Waals surface area contributed by atoms with E-state index in [4.69, 9.17) is 0 Å². The number of benzene rings is 8. The molecule has 17 unspecified atom stereocenters. The molecule has 4 aliphatic carbocycles. The Labute approximate surface area is 774 Å². The average Bonchev–Trinajstić information content (AvgIpc) is 1.69. The van der Waals surface area contributed by atoms with Crippen LogP contribution < -0.4 is 10.2 Å². The second kappa shape index (κ2) is 52.2. The minimum Gasteiger partial charge on any atom is -0.514 e. The molecule has 4 heterocycles. The summed E-state index contributed by atoms with van der Waals surface area (Å²) >= 11 is 0. The van der Waals surface area contributed by atoms with Crippen molar-refractivity contribution in [3.8, 4) is 51.2 Å². The Morgan fingerprint density at radius 1 is 0.446 bits per heavy atom. The van der Waals surface area contributed by atoms with Crippen LogP contribution in [0.25, 0.3) is 51.2 Å². The molecule has 3 aromatic heterocycles. The molecule has 11 aromatic rings. The summed E-state index contributed by atoms with van der Waals surface area (Å²) in [6.07, 6.45) is 9.65. The Bertz CT molecular complexity index is 4550. The van der Waals surface area contributed by atoms with E-state index < -0.39 is 0 Å². The first-order chi connectivity index (χ1) is 56.2. The topological polar surface area (TPSA) is 256 Å². The number of aromatic nitrogens is 8. The number of nitrogens with one attached hydrogen (secondary N) is 1. The molecule has 8 aromatic carbocycles. The van der Waals surface area contributed by atoms with E-state index in [9.17, 15) is 40.9 Å². The van der Waals surface area contributed by atoms with E-state index in [0.29, 0.717) is 47.3 Å². The zero-order valence-electron chi connectivity index (χ0n) is 72.4. The molecule has 18 nitrogen and oxygen atoms in total. The number of aliphatic hydroxyl groups is 8. The molecular formula is C99H127Ir4N10O8-5. The Hall–Kier alpha value is -6.87. The van der Waals surface area contributed by atoms with E-state index in [1.165, 1.54) is 11.3 Å². The van der Waals surface area contributed by atoms with Crippen molar-refractivity contribution in [1.29, 1.82) is 0 Å². The van der Waals surface area contributed by atoms with E-state index in [2.05, 4.69) is 157 Å². The molecule has 0 amide bonds. The van der Waals surface area contributed by atoms with Gasteiger partial charge in [0.2, 0.25) is 0 Å². The molecule has 4 radical (unpaired) electrons. The fourth-order valence-electron chi connectivity index (χ4n) is 16.5. The monoisotopic (exact) mass is 2360 g/mol. The minimum atomic E-state index is -0.364. The number of para-hydroxylation sites is 6. The smallest absolute Gasteiger partial charge is 0.127 e. The van der Waals surface area contributed by atoms with Crippen molar-refractivity contribution in [3.05, 3.63) is 267 Å². The van der Waals surface area contributed by atoms with E-state index in [1.54, 1.807) is 27.1 Å². The van der Waals surface area contributed by atoms with Gasteiger partial charge >= 0.3 is 0 Å². The number of rotatable bonds is 15. The van der Waals surface area contributed by atoms with Crippen molar-refractivity contribution < 1.29 is 121 Å². The summed E-state index contributed by atoms with van der Waals surface area (Å²) in [5.74, 6) is 8.02. The van der Waals surface area contributed by atoms with Crippen LogP contribution in [0.2, 0.25) is 0 Å². The van der Waals surface area contributed by atoms with Gasteiger partial charge in [-0.25, -0.2) is 0 Å². The third-order valence-corrected chi connectivity index (χ3v) is 23.9. The first-order valence-electron chi connectivity index (χ1n) is 42.0. The molecule has 0 saturated heterocycles. The first-order valence-corrected chi connectivity index (χ1v) is 42.0. The van der Waals surface area contributed by atoms with Gasteiger partial charge in [0, 0.05) is 139 Å². The van der Waals surface area contributed by atoms with Crippen LogP contribution in [0.15, 0.2) is 225 Å². The number of hydrogen-bond donors (Lipinski definition) is 9. The average molecular weight is 2350 g/mol. The summed E-state index contributed by atoms with van der Waals surface area (Å²) < 4.78 is 5.94. The molecule has 5 aliphatic rings.